The number of carbonyl (C=O) groups is 2. The van der Waals surface area contributed by atoms with Gasteiger partial charge in [0.05, 0.1) is 12.5 Å². The Balaban J connectivity index is 1.68. The maximum absolute atomic E-state index is 14.8. The second kappa shape index (κ2) is 15.2. The Hall–Kier alpha value is -3.41. The summed E-state index contributed by atoms with van der Waals surface area (Å²) in [4.78, 5) is 46.6. The maximum Gasteiger partial charge on any atom is 0.410 e. The molecule has 2 atom stereocenters. The van der Waals surface area contributed by atoms with E-state index in [1.54, 1.807) is 38.5 Å². The van der Waals surface area contributed by atoms with Crippen LogP contribution in [0.15, 0.2) is 41.3 Å². The molecule has 1 aliphatic carbocycles. The highest BCUT2D eigenvalue weighted by atomic mass is 16.6. The van der Waals surface area contributed by atoms with Crippen molar-refractivity contribution in [2.75, 3.05) is 54.2 Å². The molecule has 2 heterocycles. The molecule has 2 aliphatic rings. The van der Waals surface area contributed by atoms with Gasteiger partial charge in [-0.3, -0.25) is 9.59 Å². The zero-order valence-electron chi connectivity index (χ0n) is 27.6. The van der Waals surface area contributed by atoms with E-state index in [-0.39, 0.29) is 24.1 Å². The zero-order chi connectivity index (χ0) is 32.6. The Labute approximate surface area is 266 Å². The minimum absolute atomic E-state index is 0.0677. The summed E-state index contributed by atoms with van der Waals surface area (Å²) in [5, 5.41) is 0. The number of hydrogen-bond acceptors (Lipinski definition) is 8. The summed E-state index contributed by atoms with van der Waals surface area (Å²) in [7, 11) is 4.89. The van der Waals surface area contributed by atoms with Crippen molar-refractivity contribution in [1.82, 2.24) is 14.8 Å². The molecule has 4 rings (SSSR count). The number of aromatic nitrogens is 1. The third-order valence-corrected chi connectivity index (χ3v) is 8.32. The number of hydrogen-bond donors (Lipinski definition) is 1. The van der Waals surface area contributed by atoms with Crippen LogP contribution in [0.3, 0.4) is 0 Å². The molecule has 2 amide bonds. The fraction of sp³-hybridized carbons (Fsp3) is 0.618. The van der Waals surface area contributed by atoms with Crippen molar-refractivity contribution in [2.45, 2.75) is 76.7 Å². The van der Waals surface area contributed by atoms with E-state index in [1.165, 1.54) is 6.07 Å². The van der Waals surface area contributed by atoms with E-state index in [1.807, 2.05) is 37.8 Å². The van der Waals surface area contributed by atoms with Gasteiger partial charge in [-0.05, 0) is 87.8 Å². The quantitative estimate of drug-likeness (QED) is 0.309. The largest absolute Gasteiger partial charge is 0.491 e. The number of benzene rings is 1. The van der Waals surface area contributed by atoms with Crippen LogP contribution < -0.4 is 10.3 Å². The summed E-state index contributed by atoms with van der Waals surface area (Å²) >= 11 is 0. The second-order valence-electron chi connectivity index (χ2n) is 12.9. The van der Waals surface area contributed by atoms with Crippen molar-refractivity contribution in [2.24, 2.45) is 5.92 Å². The Morgan fingerprint density at radius 2 is 1.76 bits per heavy atom. The summed E-state index contributed by atoms with van der Waals surface area (Å²) in [6.07, 6.45) is 4.87. The standard InChI is InChI=1S/C34H49N3O8/c1-33(2,3)45-32(40)36-14-12-34(43-6,26-11-13-35-30(38)21-26)29(23-36)31(39)37(27-9-10-27)22-25-18-24(8-7-15-41-4)19-28(20-25)44-17-16-42-5/h11,13,18-21,27,29H,7-10,12,14-17,22-23H2,1-6H3,(H,35,38)/t29-,34-/m1/s1. The van der Waals surface area contributed by atoms with Crippen LogP contribution in [0, 0.1) is 5.92 Å². The van der Waals surface area contributed by atoms with Crippen molar-refractivity contribution < 1.29 is 33.3 Å². The summed E-state index contributed by atoms with van der Waals surface area (Å²) in [6, 6.07) is 9.46. The van der Waals surface area contributed by atoms with Crippen LogP contribution in [0.5, 0.6) is 5.75 Å². The Morgan fingerprint density at radius 3 is 2.40 bits per heavy atom. The lowest BCUT2D eigenvalue weighted by atomic mass is 9.75. The summed E-state index contributed by atoms with van der Waals surface area (Å²) in [5.41, 5.74) is 0.597. The van der Waals surface area contributed by atoms with Gasteiger partial charge in [-0.25, -0.2) is 4.79 Å². The van der Waals surface area contributed by atoms with Gasteiger partial charge in [0, 0.05) is 65.9 Å². The molecule has 2 aromatic rings. The molecular formula is C34H49N3O8. The lowest BCUT2D eigenvalue weighted by Crippen LogP contribution is -2.58. The van der Waals surface area contributed by atoms with Crippen LogP contribution in [-0.2, 0) is 42.3 Å². The normalized spacial score (nSPS) is 20.1. The first-order valence-electron chi connectivity index (χ1n) is 15.8. The summed E-state index contributed by atoms with van der Waals surface area (Å²) in [6.45, 7) is 7.77. The molecule has 1 N–H and O–H groups in total. The summed E-state index contributed by atoms with van der Waals surface area (Å²) in [5.74, 6) is -0.170. The molecular weight excluding hydrogens is 578 g/mol. The molecule has 248 valence electrons. The second-order valence-corrected chi connectivity index (χ2v) is 12.9. The molecule has 0 radical (unpaired) electrons. The molecule has 1 aromatic carbocycles. The number of piperidine rings is 1. The molecule has 0 bridgehead atoms. The smallest absolute Gasteiger partial charge is 0.410 e. The molecule has 45 heavy (non-hydrogen) atoms. The number of nitrogens with one attached hydrogen (secondary N) is 1. The van der Waals surface area contributed by atoms with Gasteiger partial charge in [-0.1, -0.05) is 6.07 Å². The highest BCUT2D eigenvalue weighted by Crippen LogP contribution is 2.43. The molecule has 1 saturated carbocycles. The minimum atomic E-state index is -1.10. The summed E-state index contributed by atoms with van der Waals surface area (Å²) < 4.78 is 28.3. The average molecular weight is 628 g/mol. The van der Waals surface area contributed by atoms with Gasteiger partial charge >= 0.3 is 6.09 Å². The fourth-order valence-corrected chi connectivity index (χ4v) is 6.00. The molecule has 0 unspecified atom stereocenters. The van der Waals surface area contributed by atoms with Crippen LogP contribution in [0.2, 0.25) is 0 Å². The maximum atomic E-state index is 14.8. The van der Waals surface area contributed by atoms with Crippen LogP contribution >= 0.6 is 0 Å². The lowest BCUT2D eigenvalue weighted by molar-refractivity contribution is -0.160. The fourth-order valence-electron chi connectivity index (χ4n) is 6.00. The monoisotopic (exact) mass is 627 g/mol. The number of pyridine rings is 1. The predicted octanol–water partition coefficient (Wildman–Crippen LogP) is 4.27. The number of aromatic amines is 1. The molecule has 1 aliphatic heterocycles. The third kappa shape index (κ3) is 9.08. The Bertz CT molecular complexity index is 1320. The van der Waals surface area contributed by atoms with E-state index in [0.717, 1.165) is 42.6 Å². The first kappa shape index (κ1) is 34.5. The van der Waals surface area contributed by atoms with Crippen molar-refractivity contribution in [3.05, 3.63) is 63.6 Å². The Morgan fingerprint density at radius 1 is 1.02 bits per heavy atom. The molecule has 11 nitrogen and oxygen atoms in total. The van der Waals surface area contributed by atoms with Gasteiger partial charge in [0.1, 0.15) is 23.6 Å². The topological polar surface area (TPSA) is 120 Å². The minimum Gasteiger partial charge on any atom is -0.491 e. The van der Waals surface area contributed by atoms with Gasteiger partial charge in [0.15, 0.2) is 0 Å². The molecule has 2 fully saturated rings. The predicted molar refractivity (Wildman–Crippen MR) is 169 cm³/mol. The Kier molecular flexibility index (Phi) is 11.7. The van der Waals surface area contributed by atoms with Crippen LogP contribution in [0.25, 0.3) is 0 Å². The first-order chi connectivity index (χ1) is 21.5. The number of carbonyl (C=O) groups excluding carboxylic acids is 2. The number of ether oxygens (including phenoxy) is 5. The number of amides is 2. The van der Waals surface area contributed by atoms with E-state index in [9.17, 15) is 14.4 Å². The molecule has 1 aromatic heterocycles. The molecule has 11 heteroatoms. The van der Waals surface area contributed by atoms with Gasteiger partial charge in [-0.15, -0.1) is 0 Å². The van der Waals surface area contributed by atoms with Gasteiger partial charge < -0.3 is 38.5 Å². The van der Waals surface area contributed by atoms with Crippen molar-refractivity contribution >= 4 is 12.0 Å². The molecule has 1 saturated heterocycles. The van der Waals surface area contributed by atoms with E-state index in [0.29, 0.717) is 44.9 Å². The lowest BCUT2D eigenvalue weighted by Gasteiger charge is -2.47. The number of nitrogens with zero attached hydrogens (tertiary/aromatic N) is 2. The molecule has 0 spiro atoms. The van der Waals surface area contributed by atoms with E-state index in [4.69, 9.17) is 23.7 Å². The van der Waals surface area contributed by atoms with Crippen LogP contribution in [-0.4, -0.2) is 92.7 Å². The zero-order valence-corrected chi connectivity index (χ0v) is 27.6. The van der Waals surface area contributed by atoms with Crippen molar-refractivity contribution in [1.29, 1.82) is 0 Å². The van der Waals surface area contributed by atoms with Gasteiger partial charge in [0.2, 0.25) is 11.5 Å². The highest BCUT2D eigenvalue weighted by Gasteiger charge is 2.52. The highest BCUT2D eigenvalue weighted by molar-refractivity contribution is 5.82. The number of H-pyrrole nitrogens is 1. The third-order valence-electron chi connectivity index (χ3n) is 8.32. The van der Waals surface area contributed by atoms with Crippen molar-refractivity contribution in [3.63, 3.8) is 0 Å². The number of aryl methyl sites for hydroxylation is 1. The number of rotatable bonds is 14. The van der Waals surface area contributed by atoms with Crippen LogP contribution in [0.4, 0.5) is 4.79 Å². The van der Waals surface area contributed by atoms with E-state index >= 15 is 0 Å². The van der Waals surface area contributed by atoms with Crippen molar-refractivity contribution in [3.8, 4) is 5.75 Å². The SMILES string of the molecule is COCCCc1cc(CN(C(=O)[C@H]2CN(C(=O)OC(C)(C)C)CC[C@@]2(OC)c2cc[nH]c(=O)c2)C2CC2)cc(OCCOC)c1. The number of likely N-dealkylation sites (tertiary alicyclic amines) is 1. The van der Waals surface area contributed by atoms with E-state index in [2.05, 4.69) is 11.1 Å². The van der Waals surface area contributed by atoms with Gasteiger partial charge in [0.25, 0.3) is 0 Å². The van der Waals surface area contributed by atoms with E-state index < -0.39 is 23.2 Å². The number of methoxy groups -OCH3 is 3. The van der Waals surface area contributed by atoms with Gasteiger partial charge in [-0.2, -0.15) is 0 Å². The first-order valence-corrected chi connectivity index (χ1v) is 15.8. The van der Waals surface area contributed by atoms with Crippen LogP contribution in [0.1, 0.15) is 63.1 Å². The average Bonchev–Trinajstić information content (AvgIpc) is 3.84.